The molecule has 5 heteroatoms. The summed E-state index contributed by atoms with van der Waals surface area (Å²) in [6, 6.07) is 0. The van der Waals surface area contributed by atoms with Gasteiger partial charge in [-0.3, -0.25) is 4.40 Å². The summed E-state index contributed by atoms with van der Waals surface area (Å²) in [5.41, 5.74) is 2.09. The third-order valence-corrected chi connectivity index (χ3v) is 2.80. The van der Waals surface area contributed by atoms with E-state index in [1.165, 1.54) is 0 Å². The van der Waals surface area contributed by atoms with Gasteiger partial charge in [0.25, 0.3) is 0 Å². The van der Waals surface area contributed by atoms with Gasteiger partial charge in [0, 0.05) is 18.9 Å². The summed E-state index contributed by atoms with van der Waals surface area (Å²) >= 11 is 3.51. The normalized spacial score (nSPS) is 11.1. The molecule has 0 amide bonds. The Morgan fingerprint density at radius 3 is 3.07 bits per heavy atom. The van der Waals surface area contributed by atoms with Gasteiger partial charge in [-0.25, -0.2) is 9.97 Å². The van der Waals surface area contributed by atoms with Crippen molar-refractivity contribution in [1.82, 2.24) is 19.7 Å². The van der Waals surface area contributed by atoms with Crippen molar-refractivity contribution in [2.45, 2.75) is 13.5 Å². The number of hydrogen-bond acceptors (Lipinski definition) is 3. The third kappa shape index (κ3) is 1.53. The molecule has 74 valence electrons. The monoisotopic (exact) mass is 254 g/mol. The quantitative estimate of drug-likeness (QED) is 0.884. The van der Waals surface area contributed by atoms with E-state index in [0.29, 0.717) is 0 Å². The van der Waals surface area contributed by atoms with Crippen LogP contribution >= 0.6 is 15.9 Å². The number of aryl methyl sites for hydroxylation is 1. The average Bonchev–Trinajstić information content (AvgIpc) is 2.46. The molecule has 14 heavy (non-hydrogen) atoms. The van der Waals surface area contributed by atoms with Crippen LogP contribution in [0.4, 0.5) is 0 Å². The van der Waals surface area contributed by atoms with E-state index in [1.54, 1.807) is 0 Å². The van der Waals surface area contributed by atoms with E-state index in [-0.39, 0.29) is 0 Å². The second-order valence-electron chi connectivity index (χ2n) is 3.18. The summed E-state index contributed by atoms with van der Waals surface area (Å²) in [5, 5.41) is 3.07. The van der Waals surface area contributed by atoms with Crippen LogP contribution in [-0.4, -0.2) is 21.4 Å². The van der Waals surface area contributed by atoms with Crippen LogP contribution in [0.2, 0.25) is 0 Å². The molecule has 0 saturated heterocycles. The van der Waals surface area contributed by atoms with E-state index in [2.05, 4.69) is 31.2 Å². The highest BCUT2D eigenvalue weighted by Gasteiger charge is 2.08. The minimum atomic E-state index is 0.729. The number of halogens is 1. The molecule has 4 nitrogen and oxygen atoms in total. The van der Waals surface area contributed by atoms with Crippen molar-refractivity contribution in [3.05, 3.63) is 28.3 Å². The molecule has 0 aliphatic carbocycles. The van der Waals surface area contributed by atoms with Gasteiger partial charge < -0.3 is 5.32 Å². The first-order chi connectivity index (χ1) is 6.72. The Labute approximate surface area is 90.5 Å². The van der Waals surface area contributed by atoms with Gasteiger partial charge in [-0.15, -0.1) is 0 Å². The summed E-state index contributed by atoms with van der Waals surface area (Å²) in [4.78, 5) is 8.62. The van der Waals surface area contributed by atoms with Crippen molar-refractivity contribution < 1.29 is 0 Å². The number of nitrogens with zero attached hydrogens (tertiary/aromatic N) is 3. The van der Waals surface area contributed by atoms with Crippen molar-refractivity contribution in [2.24, 2.45) is 0 Å². The van der Waals surface area contributed by atoms with E-state index < -0.39 is 0 Å². The van der Waals surface area contributed by atoms with Gasteiger partial charge in [-0.1, -0.05) is 0 Å². The fourth-order valence-electron chi connectivity index (χ4n) is 1.33. The molecule has 0 aromatic carbocycles. The summed E-state index contributed by atoms with van der Waals surface area (Å²) in [7, 11) is 1.90. The number of nitrogens with one attached hydrogen (secondary N) is 1. The number of rotatable bonds is 2. The van der Waals surface area contributed by atoms with Crippen LogP contribution in [0.15, 0.2) is 17.0 Å². The average molecular weight is 255 g/mol. The summed E-state index contributed by atoms with van der Waals surface area (Å²) in [6.45, 7) is 2.75. The SMILES string of the molecule is CNCc1nc2ncc(C)cn2c1Br. The lowest BCUT2D eigenvalue weighted by Gasteiger charge is -1.96. The molecule has 0 bridgehead atoms. The summed E-state index contributed by atoms with van der Waals surface area (Å²) < 4.78 is 2.92. The van der Waals surface area contributed by atoms with Crippen LogP contribution in [-0.2, 0) is 6.54 Å². The fraction of sp³-hybridized carbons (Fsp3) is 0.333. The zero-order valence-electron chi connectivity index (χ0n) is 8.08. The smallest absolute Gasteiger partial charge is 0.234 e. The van der Waals surface area contributed by atoms with Gasteiger partial charge in [0.2, 0.25) is 5.78 Å². The Bertz CT molecular complexity index is 463. The van der Waals surface area contributed by atoms with Crippen molar-refractivity contribution >= 4 is 21.7 Å². The predicted octanol–water partition coefficient (Wildman–Crippen LogP) is 1.52. The largest absolute Gasteiger partial charge is 0.314 e. The van der Waals surface area contributed by atoms with Gasteiger partial charge in [0.1, 0.15) is 4.60 Å². The van der Waals surface area contributed by atoms with Crippen LogP contribution in [0.25, 0.3) is 5.78 Å². The van der Waals surface area contributed by atoms with Gasteiger partial charge >= 0.3 is 0 Å². The molecule has 0 atom stereocenters. The van der Waals surface area contributed by atoms with E-state index >= 15 is 0 Å². The Hall–Kier alpha value is -0.940. The molecule has 2 aromatic heterocycles. The maximum Gasteiger partial charge on any atom is 0.234 e. The van der Waals surface area contributed by atoms with Gasteiger partial charge in [-0.2, -0.15) is 0 Å². The molecule has 2 aromatic rings. The Kier molecular flexibility index (Phi) is 2.52. The number of hydrogen-bond donors (Lipinski definition) is 1. The zero-order chi connectivity index (χ0) is 10.1. The fourth-order valence-corrected chi connectivity index (χ4v) is 1.82. The van der Waals surface area contributed by atoms with E-state index in [9.17, 15) is 0 Å². The van der Waals surface area contributed by atoms with Crippen molar-refractivity contribution in [3.8, 4) is 0 Å². The third-order valence-electron chi connectivity index (χ3n) is 1.96. The molecule has 0 fully saturated rings. The van der Waals surface area contributed by atoms with Crippen molar-refractivity contribution in [3.63, 3.8) is 0 Å². The first kappa shape index (κ1) is 9.61. The van der Waals surface area contributed by atoms with Crippen LogP contribution in [0, 0.1) is 6.92 Å². The summed E-state index contributed by atoms with van der Waals surface area (Å²) in [5.74, 6) is 0.729. The molecular formula is C9H11BrN4. The van der Waals surface area contributed by atoms with Crippen molar-refractivity contribution in [2.75, 3.05) is 7.05 Å². The van der Waals surface area contributed by atoms with E-state index in [4.69, 9.17) is 0 Å². The van der Waals surface area contributed by atoms with Crippen LogP contribution in [0.1, 0.15) is 11.3 Å². The molecule has 2 rings (SSSR count). The molecule has 1 N–H and O–H groups in total. The molecule has 0 spiro atoms. The molecule has 2 heterocycles. The second-order valence-corrected chi connectivity index (χ2v) is 3.93. The van der Waals surface area contributed by atoms with Gasteiger partial charge in [-0.05, 0) is 35.5 Å². The number of imidazole rings is 1. The lowest BCUT2D eigenvalue weighted by molar-refractivity contribution is 0.793. The lowest BCUT2D eigenvalue weighted by atomic mass is 10.4. The topological polar surface area (TPSA) is 42.2 Å². The lowest BCUT2D eigenvalue weighted by Crippen LogP contribution is -2.05. The standard InChI is InChI=1S/C9H11BrN4/c1-6-3-12-9-13-7(4-11-2)8(10)14(9)5-6/h3,5,11H,4H2,1-2H3. The van der Waals surface area contributed by atoms with Crippen LogP contribution < -0.4 is 5.32 Å². The van der Waals surface area contributed by atoms with Gasteiger partial charge in [0.05, 0.1) is 5.69 Å². The van der Waals surface area contributed by atoms with Gasteiger partial charge in [0.15, 0.2) is 0 Å². The first-order valence-corrected chi connectivity index (χ1v) is 5.15. The Morgan fingerprint density at radius 2 is 2.36 bits per heavy atom. The molecule has 0 saturated carbocycles. The molecular weight excluding hydrogens is 244 g/mol. The first-order valence-electron chi connectivity index (χ1n) is 4.36. The molecule has 0 radical (unpaired) electrons. The molecule has 0 aliphatic rings. The maximum atomic E-state index is 4.39. The van der Waals surface area contributed by atoms with E-state index in [1.807, 2.05) is 30.8 Å². The van der Waals surface area contributed by atoms with Crippen LogP contribution in [0.5, 0.6) is 0 Å². The highest BCUT2D eigenvalue weighted by molar-refractivity contribution is 9.10. The minimum absolute atomic E-state index is 0.729. The Balaban J connectivity index is 2.62. The molecule has 0 aliphatic heterocycles. The highest BCUT2D eigenvalue weighted by Crippen LogP contribution is 2.17. The van der Waals surface area contributed by atoms with Crippen LogP contribution in [0.3, 0.4) is 0 Å². The predicted molar refractivity (Wildman–Crippen MR) is 58.2 cm³/mol. The highest BCUT2D eigenvalue weighted by atomic mass is 79.9. The Morgan fingerprint density at radius 1 is 1.57 bits per heavy atom. The minimum Gasteiger partial charge on any atom is -0.314 e. The number of aromatic nitrogens is 3. The number of fused-ring (bicyclic) bond motifs is 1. The molecule has 0 unspecified atom stereocenters. The zero-order valence-corrected chi connectivity index (χ0v) is 9.67. The second kappa shape index (κ2) is 3.67. The summed E-state index contributed by atoms with van der Waals surface area (Å²) in [6.07, 6.45) is 3.83. The van der Waals surface area contributed by atoms with Crippen molar-refractivity contribution in [1.29, 1.82) is 0 Å². The maximum absolute atomic E-state index is 4.39. The van der Waals surface area contributed by atoms with E-state index in [0.717, 1.165) is 28.2 Å².